The first-order valence-electron chi connectivity index (χ1n) is 10.8. The molecule has 0 spiro atoms. The molecule has 5 nitrogen and oxygen atoms in total. The Morgan fingerprint density at radius 2 is 1.97 bits per heavy atom. The SMILES string of the molecule is C=CCC(CC)(CC)COc1cc(F)c(C(=O)N(C)C2(C(=O)O)CC2)cc1C1CC1. The first kappa shape index (κ1) is 22.3. The third-order valence-electron chi connectivity index (χ3n) is 7.03. The van der Waals surface area contributed by atoms with Gasteiger partial charge in [-0.15, -0.1) is 6.58 Å². The molecule has 164 valence electrons. The number of nitrogens with zero attached hydrogens (tertiary/aromatic N) is 1. The summed E-state index contributed by atoms with van der Waals surface area (Å²) >= 11 is 0. The molecular weight excluding hydrogens is 385 g/mol. The van der Waals surface area contributed by atoms with E-state index < -0.39 is 23.2 Å². The van der Waals surface area contributed by atoms with Gasteiger partial charge in [0.2, 0.25) is 0 Å². The lowest BCUT2D eigenvalue weighted by Gasteiger charge is -2.31. The maximum atomic E-state index is 15.0. The van der Waals surface area contributed by atoms with Crippen molar-refractivity contribution in [2.45, 2.75) is 70.3 Å². The van der Waals surface area contributed by atoms with Gasteiger partial charge in [-0.3, -0.25) is 4.79 Å². The van der Waals surface area contributed by atoms with Gasteiger partial charge in [0.1, 0.15) is 17.1 Å². The molecule has 2 aliphatic rings. The third kappa shape index (κ3) is 4.09. The molecule has 6 heteroatoms. The average Bonchev–Trinajstić information content (AvgIpc) is 3.63. The second-order valence-electron chi connectivity index (χ2n) is 8.83. The Bertz CT molecular complexity index is 838. The number of halogens is 1. The summed E-state index contributed by atoms with van der Waals surface area (Å²) in [5.41, 5.74) is -0.492. The molecule has 2 fully saturated rings. The van der Waals surface area contributed by atoms with Crippen LogP contribution in [0.1, 0.15) is 80.6 Å². The highest BCUT2D eigenvalue weighted by Gasteiger charge is 2.56. The summed E-state index contributed by atoms with van der Waals surface area (Å²) in [5, 5.41) is 9.46. The quantitative estimate of drug-likeness (QED) is 0.506. The van der Waals surface area contributed by atoms with E-state index in [1.54, 1.807) is 6.07 Å². The van der Waals surface area contributed by atoms with E-state index in [1.165, 1.54) is 18.0 Å². The number of carboxylic acids is 1. The summed E-state index contributed by atoms with van der Waals surface area (Å²) in [4.78, 5) is 25.7. The summed E-state index contributed by atoms with van der Waals surface area (Å²) in [6.45, 7) is 8.55. The van der Waals surface area contributed by atoms with Crippen LogP contribution in [-0.2, 0) is 4.79 Å². The van der Waals surface area contributed by atoms with Crippen molar-refractivity contribution >= 4 is 11.9 Å². The first-order chi connectivity index (χ1) is 14.2. The normalized spacial score (nSPS) is 17.3. The van der Waals surface area contributed by atoms with E-state index in [9.17, 15) is 19.1 Å². The van der Waals surface area contributed by atoms with Crippen molar-refractivity contribution in [3.8, 4) is 5.75 Å². The predicted molar refractivity (Wildman–Crippen MR) is 113 cm³/mol. The standard InChI is InChI=1S/C24H32FNO4/c1-5-10-23(6-2,7-3)15-30-20-14-19(25)18(13-17(20)16-8-9-16)21(27)26(4)24(11-12-24)22(28)29/h5,13-14,16H,1,6-12,15H2,2-4H3,(H,28,29). The number of hydrogen-bond acceptors (Lipinski definition) is 3. The molecule has 0 atom stereocenters. The number of rotatable bonds is 11. The Morgan fingerprint density at radius 3 is 2.43 bits per heavy atom. The van der Waals surface area contributed by atoms with Crippen LogP contribution in [0.3, 0.4) is 0 Å². The average molecular weight is 418 g/mol. The largest absolute Gasteiger partial charge is 0.493 e. The third-order valence-corrected chi connectivity index (χ3v) is 7.03. The molecule has 0 bridgehead atoms. The maximum Gasteiger partial charge on any atom is 0.329 e. The minimum absolute atomic E-state index is 0.0480. The van der Waals surface area contributed by atoms with Crippen LogP contribution in [0.5, 0.6) is 5.75 Å². The lowest BCUT2D eigenvalue weighted by molar-refractivity contribution is -0.143. The molecule has 1 amide bonds. The molecule has 1 aromatic rings. The molecule has 0 radical (unpaired) electrons. The van der Waals surface area contributed by atoms with E-state index in [0.29, 0.717) is 25.2 Å². The second kappa shape index (κ2) is 8.40. The van der Waals surface area contributed by atoms with Gasteiger partial charge in [0.25, 0.3) is 5.91 Å². The summed E-state index contributed by atoms with van der Waals surface area (Å²) in [6, 6.07) is 2.88. The van der Waals surface area contributed by atoms with Crippen molar-refractivity contribution in [3.63, 3.8) is 0 Å². The Kier molecular flexibility index (Phi) is 6.25. The molecule has 0 heterocycles. The summed E-state index contributed by atoms with van der Waals surface area (Å²) in [6.07, 6.45) is 7.30. The van der Waals surface area contributed by atoms with Crippen molar-refractivity contribution in [3.05, 3.63) is 41.7 Å². The molecule has 30 heavy (non-hydrogen) atoms. The van der Waals surface area contributed by atoms with Gasteiger partial charge in [0.15, 0.2) is 0 Å². The van der Waals surface area contributed by atoms with Crippen LogP contribution in [-0.4, -0.2) is 41.1 Å². The van der Waals surface area contributed by atoms with Crippen molar-refractivity contribution in [2.75, 3.05) is 13.7 Å². The number of carboxylic acid groups (broad SMARTS) is 1. The van der Waals surface area contributed by atoms with E-state index in [4.69, 9.17) is 4.74 Å². The van der Waals surface area contributed by atoms with Crippen LogP contribution in [0.4, 0.5) is 4.39 Å². The van der Waals surface area contributed by atoms with Gasteiger partial charge in [-0.2, -0.15) is 0 Å². The van der Waals surface area contributed by atoms with E-state index in [-0.39, 0.29) is 16.9 Å². The van der Waals surface area contributed by atoms with Gasteiger partial charge >= 0.3 is 5.97 Å². The molecule has 0 aromatic heterocycles. The molecular formula is C24H32FNO4. The smallest absolute Gasteiger partial charge is 0.329 e. The fourth-order valence-corrected chi connectivity index (χ4v) is 4.10. The second-order valence-corrected chi connectivity index (χ2v) is 8.83. The molecule has 3 rings (SSSR count). The Hall–Kier alpha value is -2.37. The molecule has 1 aromatic carbocycles. The highest BCUT2D eigenvalue weighted by atomic mass is 19.1. The number of benzene rings is 1. The van der Waals surface area contributed by atoms with E-state index >= 15 is 0 Å². The monoisotopic (exact) mass is 417 g/mol. The number of allylic oxidation sites excluding steroid dienone is 1. The maximum absolute atomic E-state index is 15.0. The van der Waals surface area contributed by atoms with Crippen LogP contribution in [0, 0.1) is 11.2 Å². The van der Waals surface area contributed by atoms with E-state index in [1.807, 2.05) is 6.08 Å². The van der Waals surface area contributed by atoms with Crippen LogP contribution in [0.2, 0.25) is 0 Å². The Morgan fingerprint density at radius 1 is 1.33 bits per heavy atom. The minimum Gasteiger partial charge on any atom is -0.493 e. The van der Waals surface area contributed by atoms with Gasteiger partial charge in [-0.25, -0.2) is 9.18 Å². The molecule has 0 aliphatic heterocycles. The molecule has 1 N–H and O–H groups in total. The predicted octanol–water partition coefficient (Wildman–Crippen LogP) is 5.15. The first-order valence-corrected chi connectivity index (χ1v) is 10.8. The molecule has 0 unspecified atom stereocenters. The Balaban J connectivity index is 1.87. The van der Waals surface area contributed by atoms with Crippen molar-refractivity contribution < 1.29 is 23.8 Å². The lowest BCUT2D eigenvalue weighted by atomic mass is 9.80. The lowest BCUT2D eigenvalue weighted by Crippen LogP contribution is -2.44. The Labute approximate surface area is 177 Å². The number of ether oxygens (including phenoxy) is 1. The van der Waals surface area contributed by atoms with Gasteiger partial charge in [0, 0.05) is 18.5 Å². The van der Waals surface area contributed by atoms with E-state index in [0.717, 1.165) is 37.7 Å². The van der Waals surface area contributed by atoms with Crippen molar-refractivity contribution in [1.29, 1.82) is 0 Å². The minimum atomic E-state index is -1.20. The topological polar surface area (TPSA) is 66.8 Å². The van der Waals surface area contributed by atoms with Crippen molar-refractivity contribution in [2.24, 2.45) is 5.41 Å². The van der Waals surface area contributed by atoms with Crippen LogP contribution < -0.4 is 4.74 Å². The van der Waals surface area contributed by atoms with Gasteiger partial charge in [-0.1, -0.05) is 19.9 Å². The number of carbonyl (C=O) groups excluding carboxylic acids is 1. The highest BCUT2D eigenvalue weighted by molar-refractivity contribution is 5.99. The van der Waals surface area contributed by atoms with Gasteiger partial charge in [0.05, 0.1) is 12.2 Å². The van der Waals surface area contributed by atoms with E-state index in [2.05, 4.69) is 20.4 Å². The van der Waals surface area contributed by atoms with Crippen LogP contribution in [0.25, 0.3) is 0 Å². The number of carbonyl (C=O) groups is 2. The fraction of sp³-hybridized carbons (Fsp3) is 0.583. The number of likely N-dealkylation sites (N-methyl/N-ethyl adjacent to an activating group) is 1. The van der Waals surface area contributed by atoms with Gasteiger partial charge < -0.3 is 14.7 Å². The highest BCUT2D eigenvalue weighted by Crippen LogP contribution is 2.47. The zero-order chi connectivity index (χ0) is 22.1. The summed E-state index contributed by atoms with van der Waals surface area (Å²) in [5.74, 6) is -1.56. The number of amides is 1. The van der Waals surface area contributed by atoms with Gasteiger partial charge in [-0.05, 0) is 62.5 Å². The zero-order valence-electron chi connectivity index (χ0n) is 18.2. The molecule has 2 saturated carbocycles. The fourth-order valence-electron chi connectivity index (χ4n) is 4.10. The molecule has 2 aliphatic carbocycles. The number of hydrogen-bond donors (Lipinski definition) is 1. The summed E-state index contributed by atoms with van der Waals surface area (Å²) < 4.78 is 21.1. The molecule has 0 saturated heterocycles. The summed E-state index contributed by atoms with van der Waals surface area (Å²) in [7, 11) is 1.44. The van der Waals surface area contributed by atoms with Crippen LogP contribution in [0.15, 0.2) is 24.8 Å². The van der Waals surface area contributed by atoms with Crippen molar-refractivity contribution in [1.82, 2.24) is 4.90 Å². The number of aliphatic carboxylic acids is 1. The zero-order valence-corrected chi connectivity index (χ0v) is 18.2. The van der Waals surface area contributed by atoms with Crippen LogP contribution >= 0.6 is 0 Å².